The predicted molar refractivity (Wildman–Crippen MR) is 220 cm³/mol. The van der Waals surface area contributed by atoms with Gasteiger partial charge < -0.3 is 10.2 Å². The van der Waals surface area contributed by atoms with E-state index in [4.69, 9.17) is 0 Å². The molecule has 2 N–H and O–H groups in total. The second-order valence-corrected chi connectivity index (χ2v) is 22.1. The number of rotatable bonds is 16. The fourth-order valence-corrected chi connectivity index (χ4v) is 13.1. The van der Waals surface area contributed by atoms with E-state index in [0.29, 0.717) is 19.4 Å². The molecule has 12 nitrogen and oxygen atoms in total. The fourth-order valence-electron chi connectivity index (χ4n) is 12.2. The number of Topliss-reactive ketones (excluding diaryl/α,β-unsaturated/α-hetero) is 2. The summed E-state index contributed by atoms with van der Waals surface area (Å²) in [6, 6.07) is -1.74. The number of hydrogen-bond acceptors (Lipinski definition) is 8. The van der Waals surface area contributed by atoms with Gasteiger partial charge in [0.25, 0.3) is 0 Å². The van der Waals surface area contributed by atoms with Crippen LogP contribution in [0.15, 0.2) is 12.7 Å². The number of fused-ring (bicyclic) bond motifs is 1. The summed E-state index contributed by atoms with van der Waals surface area (Å²) in [6.45, 7) is 20.2. The van der Waals surface area contributed by atoms with Crippen molar-refractivity contribution in [1.82, 2.24) is 24.1 Å². The molecule has 0 unspecified atom stereocenters. The molecule has 57 heavy (non-hydrogen) atoms. The molecule has 2 heterocycles. The Bertz CT molecular complexity index is 1730. The summed E-state index contributed by atoms with van der Waals surface area (Å²) in [5.41, 5.74) is -2.24. The SMILES string of the molecule is C=C[C@@H]1C[C@]1(CC(=O)[C@@H]1C[C@@]2(CN1C(=O)[C@@H](CC(=O)[C@@H](NC(=O)[C@@H]1CCCN1CC)C1CCCCC1)C(C)(C)C)C(C)(C)C21CCC1)C(=O)NS(=O)(=O)N(C)CC. The van der Waals surface area contributed by atoms with Gasteiger partial charge in [-0.2, -0.15) is 12.7 Å². The molecule has 0 aromatic carbocycles. The Labute approximate surface area is 342 Å². The standard InChI is InChI=1S/C44H71N5O7S/c1-10-30-25-42(30,39(54)46-57(55,56)47(9)11-2)27-35(51)33-26-44(41(7,8)43(44)21-17-22-43)28-49(33)38(53)31(40(4,5)6)24-34(50)36(29-18-14-13-15-19-29)45-37(52)32-20-16-23-48(32)12-3/h10,29-33,36H,1,11-28H2,2-9H3,(H,45,52)(H,46,54)/t30-,31-,32+,33+,36+,42-,44-/m1/s1. The zero-order chi connectivity index (χ0) is 41.9. The minimum Gasteiger partial charge on any atom is -0.345 e. The van der Waals surface area contributed by atoms with E-state index in [1.54, 1.807) is 17.9 Å². The van der Waals surface area contributed by atoms with Crippen molar-refractivity contribution in [2.45, 2.75) is 156 Å². The van der Waals surface area contributed by atoms with Gasteiger partial charge in [-0.15, -0.1) is 6.58 Å². The highest BCUT2D eigenvalue weighted by atomic mass is 32.2. The van der Waals surface area contributed by atoms with Gasteiger partial charge >= 0.3 is 10.2 Å². The van der Waals surface area contributed by atoms with Crippen molar-refractivity contribution in [1.29, 1.82) is 0 Å². The van der Waals surface area contributed by atoms with Gasteiger partial charge in [0.2, 0.25) is 17.7 Å². The topological polar surface area (TPSA) is 153 Å². The second-order valence-electron chi connectivity index (χ2n) is 20.3. The first-order chi connectivity index (χ1) is 26.7. The predicted octanol–water partition coefficient (Wildman–Crippen LogP) is 5.42. The number of ketones is 2. The van der Waals surface area contributed by atoms with Crippen molar-refractivity contribution in [3.05, 3.63) is 12.7 Å². The molecule has 0 aromatic heterocycles. The van der Waals surface area contributed by atoms with E-state index in [0.717, 1.165) is 81.6 Å². The van der Waals surface area contributed by atoms with Gasteiger partial charge in [-0.1, -0.05) is 80.2 Å². The number of carbonyl (C=O) groups is 5. The zero-order valence-electron chi connectivity index (χ0n) is 36.1. The maximum atomic E-state index is 15.3. The van der Waals surface area contributed by atoms with Gasteiger partial charge in [-0.05, 0) is 92.5 Å². The lowest BCUT2D eigenvalue weighted by atomic mass is 9.73. The maximum absolute atomic E-state index is 15.3. The maximum Gasteiger partial charge on any atom is 0.303 e. The molecule has 4 saturated carbocycles. The van der Waals surface area contributed by atoms with Gasteiger partial charge in [-0.3, -0.25) is 28.9 Å². The lowest BCUT2D eigenvalue weighted by Gasteiger charge is -2.37. The number of likely N-dealkylation sites (N-methyl/N-ethyl adjacent to an activating group) is 1. The molecule has 2 spiro atoms. The molecule has 320 valence electrons. The Morgan fingerprint density at radius 3 is 2.12 bits per heavy atom. The molecule has 6 rings (SSSR count). The average Bonchev–Trinajstić information content (AvgIpc) is 3.66. The third kappa shape index (κ3) is 7.46. The quantitative estimate of drug-likeness (QED) is 0.196. The summed E-state index contributed by atoms with van der Waals surface area (Å²) in [6.07, 6.45) is 11.9. The average molecular weight is 814 g/mol. The van der Waals surface area contributed by atoms with Crippen LogP contribution in [0.3, 0.4) is 0 Å². The minimum absolute atomic E-state index is 0.0112. The second kappa shape index (κ2) is 15.8. The van der Waals surface area contributed by atoms with E-state index < -0.39 is 44.9 Å². The molecular formula is C44H71N5O7S. The summed E-state index contributed by atoms with van der Waals surface area (Å²) in [7, 11) is -2.72. The molecule has 0 bridgehead atoms. The molecule has 0 radical (unpaired) electrons. The minimum atomic E-state index is -4.11. The highest BCUT2D eigenvalue weighted by molar-refractivity contribution is 7.87. The lowest BCUT2D eigenvalue weighted by Crippen LogP contribution is -2.54. The van der Waals surface area contributed by atoms with E-state index in [2.05, 4.69) is 42.3 Å². The van der Waals surface area contributed by atoms with Crippen molar-refractivity contribution in [3.63, 3.8) is 0 Å². The summed E-state index contributed by atoms with van der Waals surface area (Å²) in [5, 5.41) is 3.22. The van der Waals surface area contributed by atoms with Crippen molar-refractivity contribution >= 4 is 39.5 Å². The zero-order valence-corrected chi connectivity index (χ0v) is 36.9. The Hall–Kier alpha value is -2.64. The van der Waals surface area contributed by atoms with Crippen molar-refractivity contribution in [2.24, 2.45) is 44.8 Å². The highest BCUT2D eigenvalue weighted by Gasteiger charge is 2.85. The van der Waals surface area contributed by atoms with Crippen molar-refractivity contribution < 1.29 is 32.4 Å². The molecular weight excluding hydrogens is 743 g/mol. The summed E-state index contributed by atoms with van der Waals surface area (Å²) < 4.78 is 29.1. The first-order valence-corrected chi connectivity index (χ1v) is 23.4. The summed E-state index contributed by atoms with van der Waals surface area (Å²) >= 11 is 0. The third-order valence-electron chi connectivity index (χ3n) is 16.5. The third-order valence-corrected chi connectivity index (χ3v) is 18.0. The van der Waals surface area contributed by atoms with Crippen LogP contribution < -0.4 is 10.0 Å². The van der Waals surface area contributed by atoms with E-state index in [-0.39, 0.29) is 76.9 Å². The number of carbonyl (C=O) groups excluding carboxylic acids is 5. The van der Waals surface area contributed by atoms with Crippen LogP contribution in [0, 0.1) is 44.8 Å². The van der Waals surface area contributed by atoms with Crippen LogP contribution in [0.5, 0.6) is 0 Å². The van der Waals surface area contributed by atoms with E-state index in [1.807, 2.05) is 20.8 Å². The first kappa shape index (κ1) is 43.9. The number of amides is 3. The van der Waals surface area contributed by atoms with E-state index >= 15 is 4.79 Å². The molecule has 3 amide bonds. The number of allylic oxidation sites excluding steroid dienone is 1. The van der Waals surface area contributed by atoms with Gasteiger partial charge in [0.1, 0.15) is 0 Å². The number of nitrogens with one attached hydrogen (secondary N) is 2. The number of nitrogens with zero attached hydrogens (tertiary/aromatic N) is 3. The van der Waals surface area contributed by atoms with Gasteiger partial charge in [0.05, 0.1) is 23.5 Å². The van der Waals surface area contributed by atoms with Crippen LogP contribution in [0.2, 0.25) is 0 Å². The summed E-state index contributed by atoms with van der Waals surface area (Å²) in [4.78, 5) is 76.3. The molecule has 2 saturated heterocycles. The molecule has 4 aliphatic carbocycles. The van der Waals surface area contributed by atoms with E-state index in [1.165, 1.54) is 7.05 Å². The molecule has 13 heteroatoms. The Balaban J connectivity index is 1.28. The molecule has 6 fully saturated rings. The molecule has 2 aliphatic heterocycles. The number of hydrogen-bond donors (Lipinski definition) is 2. The Morgan fingerprint density at radius 1 is 0.930 bits per heavy atom. The summed E-state index contributed by atoms with van der Waals surface area (Å²) in [5.74, 6) is -2.53. The monoisotopic (exact) mass is 814 g/mol. The normalized spacial score (nSPS) is 31.8. The Morgan fingerprint density at radius 2 is 1.60 bits per heavy atom. The highest BCUT2D eigenvalue weighted by Crippen LogP contribution is 2.88. The van der Waals surface area contributed by atoms with Crippen LogP contribution >= 0.6 is 0 Å². The Kier molecular flexibility index (Phi) is 12.1. The first-order valence-electron chi connectivity index (χ1n) is 22.0. The van der Waals surface area contributed by atoms with Crippen LogP contribution in [-0.2, 0) is 34.2 Å². The molecule has 0 aromatic rings. The fraction of sp³-hybridized carbons (Fsp3) is 0.841. The van der Waals surface area contributed by atoms with Crippen LogP contribution in [0.1, 0.15) is 138 Å². The lowest BCUT2D eigenvalue weighted by molar-refractivity contribution is -0.147. The van der Waals surface area contributed by atoms with Crippen LogP contribution in [-0.4, -0.2) is 103 Å². The van der Waals surface area contributed by atoms with Gasteiger partial charge in [-0.25, -0.2) is 4.72 Å². The van der Waals surface area contributed by atoms with Crippen LogP contribution in [0.4, 0.5) is 0 Å². The van der Waals surface area contributed by atoms with Gasteiger partial charge in [0, 0.05) is 44.3 Å². The smallest absolute Gasteiger partial charge is 0.303 e. The van der Waals surface area contributed by atoms with Gasteiger partial charge in [0.15, 0.2) is 11.6 Å². The molecule has 7 atom stereocenters. The van der Waals surface area contributed by atoms with Crippen molar-refractivity contribution in [3.8, 4) is 0 Å². The molecule has 6 aliphatic rings. The largest absolute Gasteiger partial charge is 0.345 e. The van der Waals surface area contributed by atoms with Crippen molar-refractivity contribution in [2.75, 3.05) is 33.2 Å². The number of likely N-dealkylation sites (tertiary alicyclic amines) is 2. The van der Waals surface area contributed by atoms with E-state index in [9.17, 15) is 27.6 Å². The van der Waals surface area contributed by atoms with Crippen LogP contribution in [0.25, 0.3) is 0 Å².